The molecule has 0 saturated heterocycles. The molecule has 0 radical (unpaired) electrons. The van der Waals surface area contributed by atoms with Gasteiger partial charge in [-0.15, -0.1) is 0 Å². The molecule has 0 amide bonds. The van der Waals surface area contributed by atoms with Gasteiger partial charge in [0.25, 0.3) is 0 Å². The number of pyridine rings is 1. The first kappa shape index (κ1) is 19.6. The molecule has 5 heteroatoms. The van der Waals surface area contributed by atoms with Gasteiger partial charge in [0.2, 0.25) is 0 Å². The number of aromatic nitrogens is 1. The van der Waals surface area contributed by atoms with Crippen molar-refractivity contribution in [3.63, 3.8) is 0 Å². The number of hydrogen-bond acceptors (Lipinski definition) is 5. The zero-order valence-electron chi connectivity index (χ0n) is 16.4. The summed E-state index contributed by atoms with van der Waals surface area (Å²) in [6, 6.07) is 20.6. The molecule has 1 heterocycles. The van der Waals surface area contributed by atoms with Gasteiger partial charge in [0.15, 0.2) is 11.6 Å². The van der Waals surface area contributed by atoms with E-state index in [1.165, 1.54) is 0 Å². The summed E-state index contributed by atoms with van der Waals surface area (Å²) < 4.78 is 0. The summed E-state index contributed by atoms with van der Waals surface area (Å²) in [7, 11) is 4.10. The Bertz CT molecular complexity index is 925. The zero-order valence-corrected chi connectivity index (χ0v) is 16.4. The Balaban J connectivity index is 2.03. The highest BCUT2D eigenvalue weighted by Gasteiger charge is 2.20. The number of para-hydroxylation sites is 1. The number of hydrogen-bond donors (Lipinski definition) is 1. The number of carbonyl (C=O) groups is 1. The normalized spacial score (nSPS) is 10.8. The Morgan fingerprint density at radius 3 is 2.36 bits per heavy atom. The molecule has 1 aromatic heterocycles. The van der Waals surface area contributed by atoms with Gasteiger partial charge in [-0.2, -0.15) is 0 Å². The van der Waals surface area contributed by atoms with Crippen molar-refractivity contribution in [2.75, 3.05) is 37.8 Å². The SMILES string of the molecule is CN(C)CCCN(c1ccccc1C(=O)c1ccccc1)c1ncccc1N. The predicted molar refractivity (Wildman–Crippen MR) is 115 cm³/mol. The molecule has 3 aromatic rings. The minimum atomic E-state index is -0.0108. The van der Waals surface area contributed by atoms with E-state index < -0.39 is 0 Å². The van der Waals surface area contributed by atoms with Crippen LogP contribution in [0.25, 0.3) is 0 Å². The van der Waals surface area contributed by atoms with E-state index in [1.54, 1.807) is 6.20 Å². The van der Waals surface area contributed by atoms with Crippen LogP contribution in [0.15, 0.2) is 72.9 Å². The summed E-state index contributed by atoms with van der Waals surface area (Å²) >= 11 is 0. The van der Waals surface area contributed by atoms with E-state index in [9.17, 15) is 4.79 Å². The number of benzene rings is 2. The molecule has 2 N–H and O–H groups in total. The van der Waals surface area contributed by atoms with Crippen LogP contribution in [-0.2, 0) is 0 Å². The quantitative estimate of drug-likeness (QED) is 0.604. The topological polar surface area (TPSA) is 62.5 Å². The maximum absolute atomic E-state index is 13.2. The standard InChI is InChI=1S/C23H26N4O/c1-26(2)16-9-17-27(23-20(24)13-8-15-25-23)21-14-7-6-12-19(21)22(28)18-10-4-3-5-11-18/h3-8,10-15H,9,16-17,24H2,1-2H3. The maximum atomic E-state index is 13.2. The van der Waals surface area contributed by atoms with Gasteiger partial charge in [-0.25, -0.2) is 4.98 Å². The van der Waals surface area contributed by atoms with Crippen LogP contribution in [-0.4, -0.2) is 42.9 Å². The summed E-state index contributed by atoms with van der Waals surface area (Å²) in [6.07, 6.45) is 2.64. The second kappa shape index (κ2) is 9.15. The van der Waals surface area contributed by atoms with Crippen LogP contribution in [0.5, 0.6) is 0 Å². The number of anilines is 3. The largest absolute Gasteiger partial charge is 0.396 e. The van der Waals surface area contributed by atoms with E-state index in [2.05, 4.69) is 14.8 Å². The lowest BCUT2D eigenvalue weighted by Gasteiger charge is -2.27. The summed E-state index contributed by atoms with van der Waals surface area (Å²) in [5, 5.41) is 0. The minimum Gasteiger partial charge on any atom is -0.396 e. The molecule has 0 spiro atoms. The molecule has 0 saturated carbocycles. The Morgan fingerprint density at radius 1 is 0.929 bits per heavy atom. The molecule has 0 aliphatic rings. The fourth-order valence-corrected chi connectivity index (χ4v) is 3.17. The highest BCUT2D eigenvalue weighted by molar-refractivity contribution is 6.12. The second-order valence-electron chi connectivity index (χ2n) is 6.94. The Kier molecular flexibility index (Phi) is 6.40. The zero-order chi connectivity index (χ0) is 19.9. The molecule has 0 atom stereocenters. The van der Waals surface area contributed by atoms with E-state index in [0.717, 1.165) is 18.7 Å². The highest BCUT2D eigenvalue weighted by Crippen LogP contribution is 2.32. The molecule has 0 fully saturated rings. The van der Waals surface area contributed by atoms with E-state index in [4.69, 9.17) is 5.73 Å². The van der Waals surface area contributed by atoms with Crippen molar-refractivity contribution >= 4 is 23.0 Å². The van der Waals surface area contributed by atoms with Gasteiger partial charge < -0.3 is 15.5 Å². The number of nitrogens with zero attached hydrogens (tertiary/aromatic N) is 3. The molecular formula is C23H26N4O. The monoisotopic (exact) mass is 374 g/mol. The van der Waals surface area contributed by atoms with Crippen LogP contribution in [0, 0.1) is 0 Å². The van der Waals surface area contributed by atoms with Crippen LogP contribution < -0.4 is 10.6 Å². The molecule has 0 bridgehead atoms. The molecule has 5 nitrogen and oxygen atoms in total. The highest BCUT2D eigenvalue weighted by atomic mass is 16.1. The predicted octanol–water partition coefficient (Wildman–Crippen LogP) is 3.98. The molecular weight excluding hydrogens is 348 g/mol. The average Bonchev–Trinajstić information content (AvgIpc) is 2.72. The van der Waals surface area contributed by atoms with E-state index in [0.29, 0.717) is 29.2 Å². The number of rotatable bonds is 8. The molecule has 0 aliphatic heterocycles. The molecule has 3 rings (SSSR count). The summed E-state index contributed by atoms with van der Waals surface area (Å²) in [4.78, 5) is 21.9. The van der Waals surface area contributed by atoms with E-state index in [1.807, 2.05) is 80.8 Å². The lowest BCUT2D eigenvalue weighted by Crippen LogP contribution is -2.26. The second-order valence-corrected chi connectivity index (χ2v) is 6.94. The Hall–Kier alpha value is -3.18. The smallest absolute Gasteiger partial charge is 0.195 e. The molecule has 28 heavy (non-hydrogen) atoms. The summed E-state index contributed by atoms with van der Waals surface area (Å²) in [6.45, 7) is 1.64. The number of nitrogen functional groups attached to an aromatic ring is 1. The van der Waals surface area contributed by atoms with Crippen LogP contribution >= 0.6 is 0 Å². The minimum absolute atomic E-state index is 0.0108. The van der Waals surface area contributed by atoms with Crippen LogP contribution in [0.1, 0.15) is 22.3 Å². The first-order valence-corrected chi connectivity index (χ1v) is 9.39. The molecule has 144 valence electrons. The van der Waals surface area contributed by atoms with E-state index in [-0.39, 0.29) is 5.78 Å². The van der Waals surface area contributed by atoms with Crippen molar-refractivity contribution in [1.29, 1.82) is 0 Å². The van der Waals surface area contributed by atoms with Gasteiger partial charge in [0.1, 0.15) is 0 Å². The van der Waals surface area contributed by atoms with Crippen molar-refractivity contribution in [3.8, 4) is 0 Å². The molecule has 0 unspecified atom stereocenters. The van der Waals surface area contributed by atoms with Gasteiger partial charge >= 0.3 is 0 Å². The maximum Gasteiger partial charge on any atom is 0.195 e. The third kappa shape index (κ3) is 4.56. The molecule has 2 aromatic carbocycles. The van der Waals surface area contributed by atoms with E-state index >= 15 is 0 Å². The van der Waals surface area contributed by atoms with Gasteiger partial charge in [-0.1, -0.05) is 42.5 Å². The number of nitrogens with two attached hydrogens (primary N) is 1. The van der Waals surface area contributed by atoms with Crippen molar-refractivity contribution < 1.29 is 4.79 Å². The summed E-state index contributed by atoms with van der Waals surface area (Å²) in [5.74, 6) is 0.665. The first-order chi connectivity index (χ1) is 13.6. The Morgan fingerprint density at radius 2 is 1.64 bits per heavy atom. The fraction of sp³-hybridized carbons (Fsp3) is 0.217. The average molecular weight is 374 g/mol. The third-order valence-electron chi connectivity index (χ3n) is 4.54. The van der Waals surface area contributed by atoms with Crippen molar-refractivity contribution in [3.05, 3.63) is 84.1 Å². The third-order valence-corrected chi connectivity index (χ3v) is 4.54. The van der Waals surface area contributed by atoms with Crippen LogP contribution in [0.3, 0.4) is 0 Å². The first-order valence-electron chi connectivity index (χ1n) is 9.39. The lowest BCUT2D eigenvalue weighted by molar-refractivity contribution is 0.103. The van der Waals surface area contributed by atoms with Crippen LogP contribution in [0.2, 0.25) is 0 Å². The van der Waals surface area contributed by atoms with Gasteiger partial charge in [0.05, 0.1) is 11.4 Å². The number of carbonyl (C=O) groups excluding carboxylic acids is 1. The lowest BCUT2D eigenvalue weighted by atomic mass is 10.0. The van der Waals surface area contributed by atoms with Gasteiger partial charge in [-0.3, -0.25) is 4.79 Å². The number of ketones is 1. The Labute approximate surface area is 166 Å². The fourth-order valence-electron chi connectivity index (χ4n) is 3.17. The van der Waals surface area contributed by atoms with Gasteiger partial charge in [-0.05, 0) is 51.3 Å². The van der Waals surface area contributed by atoms with Crippen molar-refractivity contribution in [1.82, 2.24) is 9.88 Å². The van der Waals surface area contributed by atoms with Crippen molar-refractivity contribution in [2.45, 2.75) is 6.42 Å². The van der Waals surface area contributed by atoms with Crippen LogP contribution in [0.4, 0.5) is 17.2 Å². The molecule has 0 aliphatic carbocycles. The van der Waals surface area contributed by atoms with Gasteiger partial charge in [0, 0.05) is 23.9 Å². The summed E-state index contributed by atoms with van der Waals surface area (Å²) in [5.41, 5.74) is 8.95. The van der Waals surface area contributed by atoms with Crippen molar-refractivity contribution in [2.24, 2.45) is 0 Å².